The summed E-state index contributed by atoms with van der Waals surface area (Å²) in [6, 6.07) is 13.6. The van der Waals surface area contributed by atoms with Crippen molar-refractivity contribution in [1.82, 2.24) is 4.90 Å². The minimum Gasteiger partial charge on any atom is -0.391 e. The van der Waals surface area contributed by atoms with Crippen LogP contribution in [0.1, 0.15) is 43.7 Å². The van der Waals surface area contributed by atoms with Crippen molar-refractivity contribution in [1.29, 1.82) is 0 Å². The van der Waals surface area contributed by atoms with E-state index in [1.807, 2.05) is 26.0 Å². The molecule has 2 aromatic carbocycles. The summed E-state index contributed by atoms with van der Waals surface area (Å²) in [6.07, 6.45) is 3.33. The van der Waals surface area contributed by atoms with Crippen molar-refractivity contribution in [2.45, 2.75) is 63.0 Å². The van der Waals surface area contributed by atoms with Crippen LogP contribution in [-0.4, -0.2) is 50.1 Å². The molecule has 3 rings (SSSR count). The fourth-order valence-corrected chi connectivity index (χ4v) is 5.60. The van der Waals surface area contributed by atoms with Crippen LogP contribution in [0, 0.1) is 6.92 Å². The quantitative estimate of drug-likeness (QED) is 0.709. The molecule has 1 fully saturated rings. The van der Waals surface area contributed by atoms with Gasteiger partial charge in [-0.3, -0.25) is 9.10 Å². The number of amides is 1. The molecular weight excluding hydrogens is 412 g/mol. The third-order valence-electron chi connectivity index (χ3n) is 6.11. The number of nitrogens with zero attached hydrogens (tertiary/aromatic N) is 2. The third kappa shape index (κ3) is 5.10. The van der Waals surface area contributed by atoms with E-state index in [9.17, 15) is 18.3 Å². The Labute approximate surface area is 185 Å². The first-order valence-electron chi connectivity index (χ1n) is 10.9. The Kier molecular flexibility index (Phi) is 7.38. The smallest absolute Gasteiger partial charge is 0.264 e. The second-order valence-corrected chi connectivity index (χ2v) is 10.1. The Morgan fingerprint density at radius 2 is 1.71 bits per heavy atom. The Bertz CT molecular complexity index is 1000. The number of aliphatic hydroxyl groups is 1. The molecule has 7 heteroatoms. The Hall–Kier alpha value is -2.38. The van der Waals surface area contributed by atoms with Gasteiger partial charge in [0.05, 0.1) is 22.7 Å². The van der Waals surface area contributed by atoms with Gasteiger partial charge in [-0.05, 0) is 49.9 Å². The second-order valence-electron chi connectivity index (χ2n) is 8.23. The molecule has 1 amide bonds. The van der Waals surface area contributed by atoms with Gasteiger partial charge in [-0.25, -0.2) is 8.42 Å². The van der Waals surface area contributed by atoms with E-state index in [1.165, 1.54) is 9.21 Å². The zero-order valence-electron chi connectivity index (χ0n) is 18.5. The molecule has 0 bridgehead atoms. The number of carbonyl (C=O) groups is 1. The summed E-state index contributed by atoms with van der Waals surface area (Å²) in [7, 11) is -2.30. The van der Waals surface area contributed by atoms with Gasteiger partial charge in [0.1, 0.15) is 6.54 Å². The van der Waals surface area contributed by atoms with Crippen molar-refractivity contribution in [3.05, 3.63) is 59.7 Å². The number of sulfonamides is 1. The maximum atomic E-state index is 13.6. The van der Waals surface area contributed by atoms with Crippen LogP contribution in [0.15, 0.2) is 53.4 Å². The molecule has 1 N–H and O–H groups in total. The van der Waals surface area contributed by atoms with Crippen molar-refractivity contribution >= 4 is 21.6 Å². The zero-order valence-corrected chi connectivity index (χ0v) is 19.3. The number of aryl methyl sites for hydroxylation is 2. The number of aliphatic hydroxyl groups excluding tert-OH is 1. The summed E-state index contributed by atoms with van der Waals surface area (Å²) in [5.41, 5.74) is 2.32. The van der Waals surface area contributed by atoms with Crippen LogP contribution in [0.5, 0.6) is 0 Å². The number of para-hydroxylation sites is 1. The van der Waals surface area contributed by atoms with Crippen molar-refractivity contribution in [3.8, 4) is 0 Å². The number of carbonyl (C=O) groups excluding carboxylic acids is 1. The highest BCUT2D eigenvalue weighted by Gasteiger charge is 2.33. The monoisotopic (exact) mass is 444 g/mol. The standard InChI is InChI=1S/C24H32N2O4S/c1-4-19-9-5-6-10-21(19)26(31(29,30)20-15-13-18(2)14-16-20)17-24(28)25(3)22-11-7-8-12-23(22)27/h5-6,9-10,13-16,22-23,27H,4,7-8,11-12,17H2,1-3H3. The van der Waals surface area contributed by atoms with Crippen LogP contribution < -0.4 is 4.31 Å². The molecule has 0 heterocycles. The molecule has 1 aliphatic carbocycles. The molecule has 168 valence electrons. The summed E-state index contributed by atoms with van der Waals surface area (Å²) < 4.78 is 28.4. The normalized spacial score (nSPS) is 19.1. The minimum atomic E-state index is -3.95. The van der Waals surface area contributed by atoms with Crippen molar-refractivity contribution < 1.29 is 18.3 Å². The van der Waals surface area contributed by atoms with E-state index in [4.69, 9.17) is 0 Å². The van der Waals surface area contributed by atoms with E-state index in [0.29, 0.717) is 18.5 Å². The zero-order chi connectivity index (χ0) is 22.6. The van der Waals surface area contributed by atoms with Crippen LogP contribution in [0.25, 0.3) is 0 Å². The van der Waals surface area contributed by atoms with E-state index < -0.39 is 16.1 Å². The Morgan fingerprint density at radius 1 is 1.06 bits per heavy atom. The van der Waals surface area contributed by atoms with Crippen LogP contribution in [0.4, 0.5) is 5.69 Å². The largest absolute Gasteiger partial charge is 0.391 e. The average molecular weight is 445 g/mol. The van der Waals surface area contributed by atoms with Gasteiger partial charge in [0, 0.05) is 7.05 Å². The number of benzene rings is 2. The Balaban J connectivity index is 1.98. The molecule has 2 aromatic rings. The average Bonchev–Trinajstić information content (AvgIpc) is 2.77. The molecule has 2 unspecified atom stereocenters. The number of anilines is 1. The van der Waals surface area contributed by atoms with Crippen LogP contribution >= 0.6 is 0 Å². The molecule has 31 heavy (non-hydrogen) atoms. The van der Waals surface area contributed by atoms with Gasteiger partial charge < -0.3 is 10.0 Å². The van der Waals surface area contributed by atoms with Gasteiger partial charge in [0.25, 0.3) is 10.0 Å². The molecule has 0 radical (unpaired) electrons. The lowest BCUT2D eigenvalue weighted by Crippen LogP contribution is -2.50. The molecule has 0 saturated heterocycles. The molecular formula is C24H32N2O4S. The van der Waals surface area contributed by atoms with E-state index in [-0.39, 0.29) is 23.4 Å². The maximum Gasteiger partial charge on any atom is 0.264 e. The van der Waals surface area contributed by atoms with Gasteiger partial charge in [-0.1, -0.05) is 55.7 Å². The van der Waals surface area contributed by atoms with Gasteiger partial charge in [-0.15, -0.1) is 0 Å². The van der Waals surface area contributed by atoms with E-state index in [2.05, 4.69) is 0 Å². The fraction of sp³-hybridized carbons (Fsp3) is 0.458. The number of hydrogen-bond acceptors (Lipinski definition) is 4. The highest BCUT2D eigenvalue weighted by atomic mass is 32.2. The minimum absolute atomic E-state index is 0.150. The predicted octanol–water partition coefficient (Wildman–Crippen LogP) is 3.51. The van der Waals surface area contributed by atoms with Gasteiger partial charge in [0.15, 0.2) is 0 Å². The number of rotatable bonds is 7. The summed E-state index contributed by atoms with van der Waals surface area (Å²) in [5, 5.41) is 10.4. The lowest BCUT2D eigenvalue weighted by atomic mass is 9.91. The molecule has 2 atom stereocenters. The summed E-state index contributed by atoms with van der Waals surface area (Å²) in [5.74, 6) is -0.326. The molecule has 1 saturated carbocycles. The third-order valence-corrected chi connectivity index (χ3v) is 7.89. The summed E-state index contributed by atoms with van der Waals surface area (Å²) in [4.78, 5) is 14.9. The second kappa shape index (κ2) is 9.83. The van der Waals surface area contributed by atoms with Crippen molar-refractivity contribution in [3.63, 3.8) is 0 Å². The van der Waals surface area contributed by atoms with Gasteiger partial charge >= 0.3 is 0 Å². The highest BCUT2D eigenvalue weighted by molar-refractivity contribution is 7.92. The van der Waals surface area contributed by atoms with Gasteiger partial charge in [-0.2, -0.15) is 0 Å². The molecule has 6 nitrogen and oxygen atoms in total. The first kappa shape index (κ1) is 23.3. The van der Waals surface area contributed by atoms with E-state index >= 15 is 0 Å². The first-order valence-corrected chi connectivity index (χ1v) is 12.3. The molecule has 0 aliphatic heterocycles. The van der Waals surface area contributed by atoms with Crippen molar-refractivity contribution in [2.24, 2.45) is 0 Å². The van der Waals surface area contributed by atoms with Crippen LogP contribution in [-0.2, 0) is 21.2 Å². The Morgan fingerprint density at radius 3 is 2.35 bits per heavy atom. The SMILES string of the molecule is CCc1ccccc1N(CC(=O)N(C)C1CCCCC1O)S(=O)(=O)c1ccc(C)cc1. The summed E-state index contributed by atoms with van der Waals surface area (Å²) in [6.45, 7) is 3.54. The topological polar surface area (TPSA) is 77.9 Å². The fourth-order valence-electron chi connectivity index (χ4n) is 4.15. The van der Waals surface area contributed by atoms with E-state index in [1.54, 1.807) is 43.4 Å². The highest BCUT2D eigenvalue weighted by Crippen LogP contribution is 2.29. The predicted molar refractivity (Wildman–Crippen MR) is 123 cm³/mol. The van der Waals surface area contributed by atoms with Crippen LogP contribution in [0.2, 0.25) is 0 Å². The first-order chi connectivity index (χ1) is 14.8. The lowest BCUT2D eigenvalue weighted by molar-refractivity contribution is -0.133. The lowest BCUT2D eigenvalue weighted by Gasteiger charge is -2.36. The molecule has 0 aromatic heterocycles. The van der Waals surface area contributed by atoms with E-state index in [0.717, 1.165) is 30.4 Å². The van der Waals surface area contributed by atoms with Crippen LogP contribution in [0.3, 0.4) is 0 Å². The number of likely N-dealkylation sites (N-methyl/N-ethyl adjacent to an activating group) is 1. The molecule has 0 spiro atoms. The molecule has 1 aliphatic rings. The maximum absolute atomic E-state index is 13.6. The number of hydrogen-bond donors (Lipinski definition) is 1. The summed E-state index contributed by atoms with van der Waals surface area (Å²) >= 11 is 0. The van der Waals surface area contributed by atoms with Gasteiger partial charge in [0.2, 0.25) is 5.91 Å². The van der Waals surface area contributed by atoms with Crippen molar-refractivity contribution in [2.75, 3.05) is 17.9 Å².